The number of hydrogen-bond donors (Lipinski definition) is 1. The summed E-state index contributed by atoms with van der Waals surface area (Å²) in [6.07, 6.45) is 1.53. The van der Waals surface area contributed by atoms with Gasteiger partial charge in [-0.1, -0.05) is 24.9 Å². The van der Waals surface area contributed by atoms with Crippen LogP contribution in [-0.4, -0.2) is 28.3 Å². The topological polar surface area (TPSA) is 49.4 Å². The maximum Gasteiger partial charge on any atom is 0.248 e. The summed E-state index contributed by atoms with van der Waals surface area (Å²) >= 11 is 7.38. The summed E-state index contributed by atoms with van der Waals surface area (Å²) in [6, 6.07) is 3.33. The van der Waals surface area contributed by atoms with Crippen LogP contribution in [-0.2, 0) is 16.1 Å². The predicted octanol–water partition coefficient (Wildman–Crippen LogP) is 2.81. The lowest BCUT2D eigenvalue weighted by Gasteiger charge is -2.42. The van der Waals surface area contributed by atoms with Crippen LogP contribution in [0.15, 0.2) is 12.1 Å². The van der Waals surface area contributed by atoms with Gasteiger partial charge in [0.05, 0.1) is 10.9 Å². The molecule has 1 aromatic heterocycles. The third-order valence-electron chi connectivity index (χ3n) is 3.43. The first-order valence-corrected chi connectivity index (χ1v) is 7.92. The van der Waals surface area contributed by atoms with Crippen molar-refractivity contribution in [3.8, 4) is 0 Å². The van der Waals surface area contributed by atoms with Crippen LogP contribution in [0.5, 0.6) is 0 Å². The van der Waals surface area contributed by atoms with Crippen molar-refractivity contribution in [3.05, 3.63) is 21.3 Å². The number of hydrogen-bond acceptors (Lipinski definition) is 3. The standard InChI is InChI=1S/C14H19ClN2O2S/c1-4-5-10-12(18)16-14(2,3)13(19)17(10)8-9-6-7-11(15)20-9/h6-7,10H,4-5,8H2,1-3H3,(H,16,18). The zero-order valence-corrected chi connectivity index (χ0v) is 13.5. The number of nitrogens with one attached hydrogen (secondary N) is 1. The first kappa shape index (κ1) is 15.3. The van der Waals surface area contributed by atoms with Gasteiger partial charge in [-0.15, -0.1) is 11.3 Å². The van der Waals surface area contributed by atoms with Gasteiger partial charge in [-0.2, -0.15) is 0 Å². The number of carbonyl (C=O) groups excluding carboxylic acids is 2. The average Bonchev–Trinajstić information content (AvgIpc) is 2.76. The zero-order chi connectivity index (χ0) is 14.9. The molecule has 4 nitrogen and oxygen atoms in total. The Balaban J connectivity index is 2.27. The summed E-state index contributed by atoms with van der Waals surface area (Å²) in [5, 5.41) is 2.81. The van der Waals surface area contributed by atoms with E-state index in [0.29, 0.717) is 17.3 Å². The fourth-order valence-corrected chi connectivity index (χ4v) is 3.52. The molecule has 110 valence electrons. The van der Waals surface area contributed by atoms with E-state index >= 15 is 0 Å². The molecule has 1 atom stereocenters. The van der Waals surface area contributed by atoms with E-state index in [1.165, 1.54) is 11.3 Å². The lowest BCUT2D eigenvalue weighted by molar-refractivity contribution is -0.154. The molecule has 1 N–H and O–H groups in total. The van der Waals surface area contributed by atoms with Crippen molar-refractivity contribution in [2.75, 3.05) is 0 Å². The second-order valence-electron chi connectivity index (χ2n) is 5.56. The molecule has 20 heavy (non-hydrogen) atoms. The predicted molar refractivity (Wildman–Crippen MR) is 80.8 cm³/mol. The highest BCUT2D eigenvalue weighted by Gasteiger charge is 2.44. The maximum absolute atomic E-state index is 12.6. The van der Waals surface area contributed by atoms with Crippen molar-refractivity contribution in [3.63, 3.8) is 0 Å². The molecule has 6 heteroatoms. The smallest absolute Gasteiger partial charge is 0.248 e. The van der Waals surface area contributed by atoms with E-state index in [2.05, 4.69) is 5.32 Å². The van der Waals surface area contributed by atoms with E-state index in [1.54, 1.807) is 18.7 Å². The van der Waals surface area contributed by atoms with Crippen molar-refractivity contribution in [1.29, 1.82) is 0 Å². The van der Waals surface area contributed by atoms with Gasteiger partial charge in [0.15, 0.2) is 0 Å². The fraction of sp³-hybridized carbons (Fsp3) is 0.571. The lowest BCUT2D eigenvalue weighted by atomic mass is 9.95. The van der Waals surface area contributed by atoms with Crippen molar-refractivity contribution in [1.82, 2.24) is 10.2 Å². The Morgan fingerprint density at radius 1 is 1.40 bits per heavy atom. The minimum atomic E-state index is -0.845. The molecule has 0 radical (unpaired) electrons. The highest BCUT2D eigenvalue weighted by Crippen LogP contribution is 2.27. The van der Waals surface area contributed by atoms with Crippen LogP contribution >= 0.6 is 22.9 Å². The van der Waals surface area contributed by atoms with Crippen LogP contribution in [0.2, 0.25) is 4.34 Å². The van der Waals surface area contributed by atoms with Gasteiger partial charge in [0.1, 0.15) is 11.6 Å². The summed E-state index contributed by atoms with van der Waals surface area (Å²) < 4.78 is 0.695. The molecule has 0 saturated carbocycles. The Morgan fingerprint density at radius 2 is 2.10 bits per heavy atom. The fourth-order valence-electron chi connectivity index (χ4n) is 2.43. The highest BCUT2D eigenvalue weighted by atomic mass is 35.5. The Labute approximate surface area is 128 Å². The Hall–Kier alpha value is -1.07. The van der Waals surface area contributed by atoms with Gasteiger partial charge in [-0.25, -0.2) is 0 Å². The summed E-state index contributed by atoms with van der Waals surface area (Å²) in [7, 11) is 0. The molecule has 1 aliphatic rings. The molecule has 2 heterocycles. The highest BCUT2D eigenvalue weighted by molar-refractivity contribution is 7.16. The van der Waals surface area contributed by atoms with E-state index in [1.807, 2.05) is 19.1 Å². The monoisotopic (exact) mass is 314 g/mol. The quantitative estimate of drug-likeness (QED) is 0.929. The third-order valence-corrected chi connectivity index (χ3v) is 4.64. The zero-order valence-electron chi connectivity index (χ0n) is 11.9. The van der Waals surface area contributed by atoms with E-state index in [0.717, 1.165) is 11.3 Å². The van der Waals surface area contributed by atoms with Crippen LogP contribution < -0.4 is 5.32 Å². The molecule has 2 rings (SSSR count). The van der Waals surface area contributed by atoms with Crippen molar-refractivity contribution in [2.45, 2.75) is 51.7 Å². The Kier molecular flexibility index (Phi) is 4.39. The van der Waals surface area contributed by atoms with Gasteiger partial charge < -0.3 is 10.2 Å². The number of piperazine rings is 1. The van der Waals surface area contributed by atoms with Crippen molar-refractivity contribution in [2.24, 2.45) is 0 Å². The van der Waals surface area contributed by atoms with Crippen molar-refractivity contribution < 1.29 is 9.59 Å². The second kappa shape index (κ2) is 5.74. The first-order valence-electron chi connectivity index (χ1n) is 6.72. The molecule has 0 aromatic carbocycles. The summed E-state index contributed by atoms with van der Waals surface area (Å²) in [4.78, 5) is 27.5. The summed E-state index contributed by atoms with van der Waals surface area (Å²) in [6.45, 7) is 5.93. The van der Waals surface area contributed by atoms with Crippen LogP contribution in [0, 0.1) is 0 Å². The average molecular weight is 315 g/mol. The van der Waals surface area contributed by atoms with Gasteiger partial charge >= 0.3 is 0 Å². The minimum Gasteiger partial charge on any atom is -0.340 e. The normalized spacial score (nSPS) is 22.0. The molecule has 0 aliphatic carbocycles. The van der Waals surface area contributed by atoms with E-state index < -0.39 is 5.54 Å². The largest absolute Gasteiger partial charge is 0.340 e. The maximum atomic E-state index is 12.6. The van der Waals surface area contributed by atoms with Crippen molar-refractivity contribution >= 4 is 34.8 Å². The SMILES string of the molecule is CCCC1C(=O)NC(C)(C)C(=O)N1Cc1ccc(Cl)s1. The van der Waals surface area contributed by atoms with Gasteiger partial charge in [-0.05, 0) is 32.4 Å². The number of thiophene rings is 1. The molecule has 1 aromatic rings. The molecule has 0 bridgehead atoms. The van der Waals surface area contributed by atoms with Gasteiger partial charge in [0, 0.05) is 4.88 Å². The number of carbonyl (C=O) groups is 2. The van der Waals surface area contributed by atoms with Gasteiger partial charge in [0.2, 0.25) is 11.8 Å². The second-order valence-corrected chi connectivity index (χ2v) is 7.36. The lowest BCUT2D eigenvalue weighted by Crippen LogP contribution is -2.67. The van der Waals surface area contributed by atoms with Crippen LogP contribution in [0.3, 0.4) is 0 Å². The van der Waals surface area contributed by atoms with Crippen LogP contribution in [0.25, 0.3) is 0 Å². The van der Waals surface area contributed by atoms with Gasteiger partial charge in [0.25, 0.3) is 0 Å². The van der Waals surface area contributed by atoms with E-state index in [-0.39, 0.29) is 17.9 Å². The van der Waals surface area contributed by atoms with Crippen LogP contribution in [0.1, 0.15) is 38.5 Å². The molecule has 1 fully saturated rings. The molecule has 2 amide bonds. The Bertz CT molecular complexity index is 527. The molecule has 1 aliphatic heterocycles. The van der Waals surface area contributed by atoms with E-state index in [4.69, 9.17) is 11.6 Å². The Morgan fingerprint density at radius 3 is 2.65 bits per heavy atom. The van der Waals surface area contributed by atoms with Crippen LogP contribution in [0.4, 0.5) is 0 Å². The number of nitrogens with zero attached hydrogens (tertiary/aromatic N) is 1. The molecular weight excluding hydrogens is 296 g/mol. The van der Waals surface area contributed by atoms with Gasteiger partial charge in [-0.3, -0.25) is 9.59 Å². The number of rotatable bonds is 4. The molecular formula is C14H19ClN2O2S. The minimum absolute atomic E-state index is 0.0416. The third kappa shape index (κ3) is 2.99. The molecule has 1 unspecified atom stereocenters. The summed E-state index contributed by atoms with van der Waals surface area (Å²) in [5.74, 6) is -0.112. The van der Waals surface area contributed by atoms with E-state index in [9.17, 15) is 9.59 Å². The summed E-state index contributed by atoms with van der Waals surface area (Å²) in [5.41, 5.74) is -0.845. The first-order chi connectivity index (χ1) is 9.35. The number of halogens is 1. The molecule has 0 spiro atoms. The molecule has 1 saturated heterocycles. The number of amides is 2.